The van der Waals surface area contributed by atoms with Gasteiger partial charge in [0.1, 0.15) is 0 Å². The number of carbonyl (C=O) groups excluding carboxylic acids is 1. The van der Waals surface area contributed by atoms with E-state index in [1.807, 2.05) is 6.07 Å². The summed E-state index contributed by atoms with van der Waals surface area (Å²) in [7, 11) is -2.35. The lowest BCUT2D eigenvalue weighted by Gasteiger charge is -2.14. The van der Waals surface area contributed by atoms with Crippen LogP contribution in [0.3, 0.4) is 0 Å². The number of halogens is 1. The van der Waals surface area contributed by atoms with Gasteiger partial charge in [-0.05, 0) is 44.3 Å². The molecule has 0 bridgehead atoms. The molecule has 0 saturated heterocycles. The van der Waals surface area contributed by atoms with E-state index in [0.29, 0.717) is 5.69 Å². The average Bonchev–Trinajstić information content (AvgIpc) is 2.55. The Morgan fingerprint density at radius 1 is 1.26 bits per heavy atom. The molecular formula is C15H16ClN3O3S. The highest BCUT2D eigenvalue weighted by molar-refractivity contribution is 7.89. The summed E-state index contributed by atoms with van der Waals surface area (Å²) in [5.74, 6) is -0.471. The van der Waals surface area contributed by atoms with Crippen LogP contribution in [0.4, 0.5) is 0 Å². The van der Waals surface area contributed by atoms with Crippen molar-refractivity contribution < 1.29 is 13.2 Å². The topological polar surface area (TPSA) is 88.2 Å². The number of nitrogens with zero attached hydrogens (tertiary/aromatic N) is 1. The first-order chi connectivity index (χ1) is 10.8. The van der Waals surface area contributed by atoms with Gasteiger partial charge in [0.2, 0.25) is 10.0 Å². The number of amides is 1. The summed E-state index contributed by atoms with van der Waals surface area (Å²) < 4.78 is 25.9. The second kappa shape index (κ2) is 7.08. The quantitative estimate of drug-likeness (QED) is 0.861. The maximum Gasteiger partial charge on any atom is 0.253 e. The Morgan fingerprint density at radius 3 is 2.61 bits per heavy atom. The fourth-order valence-corrected chi connectivity index (χ4v) is 2.90. The van der Waals surface area contributed by atoms with E-state index in [1.165, 1.54) is 25.2 Å². The second-order valence-corrected chi connectivity index (χ2v) is 7.09. The van der Waals surface area contributed by atoms with Gasteiger partial charge in [0.05, 0.1) is 27.2 Å². The maximum atomic E-state index is 12.4. The highest BCUT2D eigenvalue weighted by Gasteiger charge is 2.19. The number of benzene rings is 1. The number of aromatic nitrogens is 1. The summed E-state index contributed by atoms with van der Waals surface area (Å²) >= 11 is 6.02. The van der Waals surface area contributed by atoms with Crippen LogP contribution in [-0.4, -0.2) is 26.4 Å². The fourth-order valence-electron chi connectivity index (χ4n) is 1.94. The Labute approximate surface area is 139 Å². The molecular weight excluding hydrogens is 338 g/mol. The Kier molecular flexibility index (Phi) is 5.35. The zero-order valence-electron chi connectivity index (χ0n) is 12.6. The van der Waals surface area contributed by atoms with Gasteiger partial charge in [-0.1, -0.05) is 17.7 Å². The molecule has 6 nitrogen and oxygen atoms in total. The van der Waals surface area contributed by atoms with Crippen LogP contribution in [0.2, 0.25) is 5.02 Å². The molecule has 0 fully saturated rings. The number of pyridine rings is 1. The van der Waals surface area contributed by atoms with Crippen LogP contribution in [0.15, 0.2) is 47.5 Å². The number of hydrogen-bond acceptors (Lipinski definition) is 4. The molecule has 0 aliphatic rings. The molecule has 8 heteroatoms. The zero-order chi connectivity index (χ0) is 17.0. The minimum atomic E-state index is -3.65. The largest absolute Gasteiger partial charge is 0.344 e. The van der Waals surface area contributed by atoms with Crippen molar-refractivity contribution in [2.24, 2.45) is 0 Å². The van der Waals surface area contributed by atoms with Gasteiger partial charge in [0.25, 0.3) is 5.91 Å². The minimum Gasteiger partial charge on any atom is -0.344 e. The van der Waals surface area contributed by atoms with Crippen LogP contribution in [0.5, 0.6) is 0 Å². The van der Waals surface area contributed by atoms with Crippen LogP contribution in [0.1, 0.15) is 29.0 Å². The van der Waals surface area contributed by atoms with E-state index < -0.39 is 15.9 Å². The SMILES string of the molecule is CNS(=O)(=O)c1ccc(Cl)c(C(=O)NC(C)c2ccccn2)c1. The van der Waals surface area contributed by atoms with E-state index in [2.05, 4.69) is 15.0 Å². The number of hydrogen-bond donors (Lipinski definition) is 2. The molecule has 1 unspecified atom stereocenters. The van der Waals surface area contributed by atoms with Crippen molar-refractivity contribution in [3.8, 4) is 0 Å². The molecule has 23 heavy (non-hydrogen) atoms. The molecule has 0 aliphatic carbocycles. The molecule has 0 spiro atoms. The average molecular weight is 354 g/mol. The van der Waals surface area contributed by atoms with Crippen molar-refractivity contribution in [3.63, 3.8) is 0 Å². The third-order valence-corrected chi connectivity index (χ3v) is 4.98. The Bertz CT molecular complexity index is 810. The van der Waals surface area contributed by atoms with Gasteiger partial charge in [-0.15, -0.1) is 0 Å². The van der Waals surface area contributed by atoms with Crippen LogP contribution >= 0.6 is 11.6 Å². The number of nitrogens with one attached hydrogen (secondary N) is 2. The van der Waals surface area contributed by atoms with Gasteiger partial charge >= 0.3 is 0 Å². The highest BCUT2D eigenvalue weighted by atomic mass is 35.5. The first kappa shape index (κ1) is 17.4. The van der Waals surface area contributed by atoms with E-state index in [-0.39, 0.29) is 21.5 Å². The zero-order valence-corrected chi connectivity index (χ0v) is 14.1. The van der Waals surface area contributed by atoms with Crippen LogP contribution in [-0.2, 0) is 10.0 Å². The highest BCUT2D eigenvalue weighted by Crippen LogP contribution is 2.21. The normalized spacial score (nSPS) is 12.7. The van der Waals surface area contributed by atoms with E-state index >= 15 is 0 Å². The molecule has 0 radical (unpaired) electrons. The third-order valence-electron chi connectivity index (χ3n) is 3.24. The van der Waals surface area contributed by atoms with Crippen LogP contribution in [0.25, 0.3) is 0 Å². The molecule has 2 aromatic rings. The lowest BCUT2D eigenvalue weighted by molar-refractivity contribution is 0.0939. The van der Waals surface area contributed by atoms with Gasteiger partial charge in [-0.2, -0.15) is 0 Å². The maximum absolute atomic E-state index is 12.4. The Balaban J connectivity index is 2.27. The summed E-state index contributed by atoms with van der Waals surface area (Å²) in [4.78, 5) is 16.5. The lowest BCUT2D eigenvalue weighted by atomic mass is 10.1. The monoisotopic (exact) mass is 353 g/mol. The molecule has 1 heterocycles. The van der Waals surface area contributed by atoms with Gasteiger partial charge in [-0.3, -0.25) is 9.78 Å². The van der Waals surface area contributed by atoms with E-state index in [4.69, 9.17) is 11.6 Å². The van der Waals surface area contributed by atoms with Crippen molar-refractivity contribution in [2.75, 3.05) is 7.05 Å². The number of sulfonamides is 1. The number of carbonyl (C=O) groups is 1. The first-order valence-corrected chi connectivity index (χ1v) is 8.66. The molecule has 0 aliphatic heterocycles. The smallest absolute Gasteiger partial charge is 0.253 e. The van der Waals surface area contributed by atoms with Crippen molar-refractivity contribution in [3.05, 3.63) is 58.9 Å². The van der Waals surface area contributed by atoms with Gasteiger partial charge in [-0.25, -0.2) is 13.1 Å². The molecule has 2 N–H and O–H groups in total. The van der Waals surface area contributed by atoms with Crippen LogP contribution in [0, 0.1) is 0 Å². The molecule has 2 rings (SSSR count). The van der Waals surface area contributed by atoms with E-state index in [9.17, 15) is 13.2 Å². The predicted molar refractivity (Wildman–Crippen MR) is 87.8 cm³/mol. The standard InChI is InChI=1S/C15H16ClN3O3S/c1-10(14-5-3-4-8-18-14)19-15(20)12-9-11(6-7-13(12)16)23(21,22)17-2/h3-10,17H,1-2H3,(H,19,20). The van der Waals surface area contributed by atoms with E-state index in [0.717, 1.165) is 0 Å². The van der Waals surface area contributed by atoms with Crippen molar-refractivity contribution in [2.45, 2.75) is 17.9 Å². The predicted octanol–water partition coefficient (Wildman–Crippen LogP) is 2.13. The van der Waals surface area contributed by atoms with Gasteiger partial charge < -0.3 is 5.32 Å². The Hall–Kier alpha value is -1.96. The Morgan fingerprint density at radius 2 is 2.00 bits per heavy atom. The van der Waals surface area contributed by atoms with Crippen molar-refractivity contribution >= 4 is 27.5 Å². The first-order valence-electron chi connectivity index (χ1n) is 6.80. The summed E-state index contributed by atoms with van der Waals surface area (Å²) in [6.07, 6.45) is 1.63. The third kappa shape index (κ3) is 4.07. The van der Waals surface area contributed by atoms with Crippen molar-refractivity contribution in [1.29, 1.82) is 0 Å². The fraction of sp³-hybridized carbons (Fsp3) is 0.200. The van der Waals surface area contributed by atoms with Gasteiger partial charge in [0, 0.05) is 6.20 Å². The molecule has 1 atom stereocenters. The molecule has 1 amide bonds. The summed E-state index contributed by atoms with van der Waals surface area (Å²) in [6, 6.07) is 9.01. The minimum absolute atomic E-state index is 0.0277. The lowest BCUT2D eigenvalue weighted by Crippen LogP contribution is -2.28. The summed E-state index contributed by atoms with van der Waals surface area (Å²) in [5.41, 5.74) is 0.779. The number of rotatable bonds is 5. The van der Waals surface area contributed by atoms with E-state index in [1.54, 1.807) is 25.3 Å². The summed E-state index contributed by atoms with van der Waals surface area (Å²) in [5, 5.41) is 2.92. The summed E-state index contributed by atoms with van der Waals surface area (Å²) in [6.45, 7) is 1.78. The molecule has 0 saturated carbocycles. The molecule has 1 aromatic carbocycles. The van der Waals surface area contributed by atoms with Crippen LogP contribution < -0.4 is 10.0 Å². The molecule has 122 valence electrons. The molecule has 1 aromatic heterocycles. The van der Waals surface area contributed by atoms with Crippen molar-refractivity contribution in [1.82, 2.24) is 15.0 Å². The second-order valence-electron chi connectivity index (χ2n) is 4.80. The van der Waals surface area contributed by atoms with Gasteiger partial charge in [0.15, 0.2) is 0 Å².